The van der Waals surface area contributed by atoms with Gasteiger partial charge in [0.15, 0.2) is 0 Å². The van der Waals surface area contributed by atoms with E-state index in [0.29, 0.717) is 12.8 Å². The van der Waals surface area contributed by atoms with Gasteiger partial charge in [-0.3, -0.25) is 4.79 Å². The van der Waals surface area contributed by atoms with Crippen LogP contribution in [0, 0.1) is 5.92 Å². The first-order valence-corrected chi connectivity index (χ1v) is 5.84. The number of amides is 1. The highest BCUT2D eigenvalue weighted by atomic mass is 16.5. The monoisotopic (exact) mass is 229 g/mol. The van der Waals surface area contributed by atoms with Gasteiger partial charge in [-0.25, -0.2) is 4.79 Å². The van der Waals surface area contributed by atoms with Crippen LogP contribution >= 0.6 is 0 Å². The molecule has 1 unspecified atom stereocenters. The van der Waals surface area contributed by atoms with Crippen molar-refractivity contribution in [3.63, 3.8) is 0 Å². The van der Waals surface area contributed by atoms with Gasteiger partial charge in [-0.05, 0) is 18.8 Å². The van der Waals surface area contributed by atoms with Crippen molar-refractivity contribution < 1.29 is 14.3 Å². The van der Waals surface area contributed by atoms with Gasteiger partial charge in [0.2, 0.25) is 5.91 Å². The van der Waals surface area contributed by atoms with Crippen molar-refractivity contribution in [3.05, 3.63) is 0 Å². The molecule has 94 valence electrons. The number of methoxy groups -OCH3 is 1. The molecule has 16 heavy (non-hydrogen) atoms. The van der Waals surface area contributed by atoms with Crippen LogP contribution in [-0.2, 0) is 14.3 Å². The lowest BCUT2D eigenvalue weighted by Gasteiger charge is -2.11. The van der Waals surface area contributed by atoms with Crippen molar-refractivity contribution in [1.82, 2.24) is 5.32 Å². The van der Waals surface area contributed by atoms with Crippen LogP contribution in [0.2, 0.25) is 0 Å². The predicted octanol–water partition coefficient (Wildman–Crippen LogP) is 1.88. The number of esters is 1. The van der Waals surface area contributed by atoms with Gasteiger partial charge in [0, 0.05) is 6.42 Å². The summed E-state index contributed by atoms with van der Waals surface area (Å²) >= 11 is 0. The fraction of sp³-hybridized carbons (Fsp3) is 0.833. The van der Waals surface area contributed by atoms with Gasteiger partial charge >= 0.3 is 5.97 Å². The fourth-order valence-electron chi connectivity index (χ4n) is 1.29. The Kier molecular flexibility index (Phi) is 7.60. The summed E-state index contributed by atoms with van der Waals surface area (Å²) in [6.45, 7) is 6.50. The van der Waals surface area contributed by atoms with Gasteiger partial charge in [-0.1, -0.05) is 27.2 Å². The van der Waals surface area contributed by atoms with Crippen LogP contribution in [0.25, 0.3) is 0 Å². The number of nitrogens with one attached hydrogen (secondary N) is 1. The molecule has 1 amide bonds. The SMILES string of the molecule is CC(C)C.COC(=O)C1CCCCC(=O)N1. The normalized spacial score (nSPS) is 20.3. The van der Waals surface area contributed by atoms with E-state index in [0.717, 1.165) is 18.8 Å². The summed E-state index contributed by atoms with van der Waals surface area (Å²) in [5, 5.41) is 2.62. The molecule has 0 aromatic carbocycles. The lowest BCUT2D eigenvalue weighted by atomic mass is 10.1. The molecule has 0 bridgehead atoms. The second-order valence-electron chi connectivity index (χ2n) is 4.62. The predicted molar refractivity (Wildman–Crippen MR) is 62.9 cm³/mol. The Hall–Kier alpha value is -1.06. The molecule has 1 heterocycles. The zero-order chi connectivity index (χ0) is 12.6. The average molecular weight is 229 g/mol. The highest BCUT2D eigenvalue weighted by Gasteiger charge is 2.23. The topological polar surface area (TPSA) is 55.4 Å². The van der Waals surface area contributed by atoms with Gasteiger partial charge in [-0.15, -0.1) is 0 Å². The average Bonchev–Trinajstić information content (AvgIpc) is 2.41. The largest absolute Gasteiger partial charge is 0.467 e. The molecule has 0 aliphatic carbocycles. The molecule has 4 heteroatoms. The Morgan fingerprint density at radius 2 is 1.94 bits per heavy atom. The quantitative estimate of drug-likeness (QED) is 0.698. The summed E-state index contributed by atoms with van der Waals surface area (Å²) in [5.74, 6) is 0.438. The van der Waals surface area contributed by atoms with Crippen molar-refractivity contribution in [2.45, 2.75) is 52.5 Å². The Morgan fingerprint density at radius 1 is 1.38 bits per heavy atom. The van der Waals surface area contributed by atoms with Gasteiger partial charge < -0.3 is 10.1 Å². The minimum absolute atomic E-state index is 0.0529. The third-order valence-corrected chi connectivity index (χ3v) is 1.97. The van der Waals surface area contributed by atoms with E-state index in [1.165, 1.54) is 7.11 Å². The summed E-state index contributed by atoms with van der Waals surface area (Å²) in [5.41, 5.74) is 0. The smallest absolute Gasteiger partial charge is 0.328 e. The van der Waals surface area contributed by atoms with Crippen molar-refractivity contribution >= 4 is 11.9 Å². The van der Waals surface area contributed by atoms with Crippen molar-refractivity contribution in [3.8, 4) is 0 Å². The van der Waals surface area contributed by atoms with Gasteiger partial charge in [0.1, 0.15) is 6.04 Å². The number of hydrogen-bond acceptors (Lipinski definition) is 3. The van der Waals surface area contributed by atoms with E-state index in [-0.39, 0.29) is 11.9 Å². The molecule has 0 aromatic rings. The van der Waals surface area contributed by atoms with Gasteiger partial charge in [0.05, 0.1) is 7.11 Å². The second-order valence-corrected chi connectivity index (χ2v) is 4.62. The van der Waals surface area contributed by atoms with Gasteiger partial charge in [-0.2, -0.15) is 0 Å². The van der Waals surface area contributed by atoms with Crippen molar-refractivity contribution in [1.29, 1.82) is 0 Å². The van der Waals surface area contributed by atoms with E-state index in [1.807, 2.05) is 0 Å². The molecule has 1 fully saturated rings. The Labute approximate surface area is 97.7 Å². The highest BCUT2D eigenvalue weighted by molar-refractivity contribution is 5.84. The molecule has 1 aliphatic rings. The third-order valence-electron chi connectivity index (χ3n) is 1.97. The zero-order valence-electron chi connectivity index (χ0n) is 10.7. The second kappa shape index (κ2) is 8.13. The maximum atomic E-state index is 11.0. The van der Waals surface area contributed by atoms with Crippen LogP contribution in [0.3, 0.4) is 0 Å². The molecule has 0 saturated carbocycles. The molecule has 1 N–H and O–H groups in total. The minimum atomic E-state index is -0.426. The molecule has 4 nitrogen and oxygen atoms in total. The minimum Gasteiger partial charge on any atom is -0.467 e. The van der Waals surface area contributed by atoms with Crippen LogP contribution in [0.15, 0.2) is 0 Å². The first kappa shape index (κ1) is 14.9. The molecule has 0 aromatic heterocycles. The summed E-state index contributed by atoms with van der Waals surface area (Å²) in [6, 6.07) is -0.426. The molecular weight excluding hydrogens is 206 g/mol. The molecular formula is C12H23NO3. The van der Waals surface area contributed by atoms with Crippen LogP contribution in [-0.4, -0.2) is 25.0 Å². The molecule has 1 aliphatic heterocycles. The van der Waals surface area contributed by atoms with E-state index < -0.39 is 6.04 Å². The number of carbonyl (C=O) groups excluding carboxylic acids is 2. The van der Waals surface area contributed by atoms with E-state index in [1.54, 1.807) is 0 Å². The molecule has 1 rings (SSSR count). The van der Waals surface area contributed by atoms with Crippen LogP contribution in [0.4, 0.5) is 0 Å². The summed E-state index contributed by atoms with van der Waals surface area (Å²) in [7, 11) is 1.33. The van der Waals surface area contributed by atoms with Crippen molar-refractivity contribution in [2.75, 3.05) is 7.11 Å². The summed E-state index contributed by atoms with van der Waals surface area (Å²) in [6.07, 6.45) is 2.98. The zero-order valence-corrected chi connectivity index (χ0v) is 10.7. The standard InChI is InChI=1S/C8H13NO3.C4H10/c1-12-8(11)6-4-2-3-5-7(10)9-6;1-4(2)3/h6H,2-5H2,1H3,(H,9,10);4H,1-3H3. The number of rotatable bonds is 1. The first-order chi connectivity index (χ1) is 7.47. The summed E-state index contributed by atoms with van der Waals surface area (Å²) in [4.78, 5) is 22.0. The lowest BCUT2D eigenvalue weighted by molar-refractivity contribution is -0.144. The van der Waals surface area contributed by atoms with Crippen molar-refractivity contribution in [2.24, 2.45) is 5.92 Å². The Bertz CT molecular complexity index is 224. The van der Waals surface area contributed by atoms with E-state index in [2.05, 4.69) is 30.8 Å². The third kappa shape index (κ3) is 7.26. The van der Waals surface area contributed by atoms with Crippen LogP contribution < -0.4 is 5.32 Å². The fourth-order valence-corrected chi connectivity index (χ4v) is 1.29. The lowest BCUT2D eigenvalue weighted by Crippen LogP contribution is -2.39. The van der Waals surface area contributed by atoms with E-state index >= 15 is 0 Å². The number of ether oxygens (including phenoxy) is 1. The number of hydrogen-bond donors (Lipinski definition) is 1. The Balaban J connectivity index is 0.000000487. The van der Waals surface area contributed by atoms with Crippen LogP contribution in [0.5, 0.6) is 0 Å². The Morgan fingerprint density at radius 3 is 2.44 bits per heavy atom. The van der Waals surface area contributed by atoms with Gasteiger partial charge in [0.25, 0.3) is 0 Å². The van der Waals surface area contributed by atoms with E-state index in [4.69, 9.17) is 0 Å². The van der Waals surface area contributed by atoms with Crippen LogP contribution in [0.1, 0.15) is 46.5 Å². The van der Waals surface area contributed by atoms with E-state index in [9.17, 15) is 9.59 Å². The first-order valence-electron chi connectivity index (χ1n) is 5.84. The maximum absolute atomic E-state index is 11.0. The highest BCUT2D eigenvalue weighted by Crippen LogP contribution is 2.09. The maximum Gasteiger partial charge on any atom is 0.328 e. The molecule has 0 spiro atoms. The summed E-state index contributed by atoms with van der Waals surface area (Å²) < 4.78 is 4.54. The number of carbonyl (C=O) groups is 2. The molecule has 1 atom stereocenters. The molecule has 1 saturated heterocycles. The molecule has 0 radical (unpaired) electrons.